The fourth-order valence-corrected chi connectivity index (χ4v) is 5.73. The molecule has 3 aromatic heterocycles. The number of aliphatic hydroxyl groups is 1. The van der Waals surface area contributed by atoms with Gasteiger partial charge in [-0.05, 0) is 54.5 Å². The Balaban J connectivity index is 1.49. The molecule has 4 N–H and O–H groups in total. The Kier molecular flexibility index (Phi) is 6.33. The van der Waals surface area contributed by atoms with Crippen LogP contribution in [0.2, 0.25) is 0 Å². The molecular formula is C27H30N4O5S. The van der Waals surface area contributed by atoms with Gasteiger partial charge in [-0.2, -0.15) is 0 Å². The fraction of sp³-hybridized carbons (Fsp3) is 0.333. The molecule has 4 aromatic rings. The quantitative estimate of drug-likeness (QED) is 0.293. The number of pyridine rings is 1. The summed E-state index contributed by atoms with van der Waals surface area (Å²) in [6.07, 6.45) is 6.03. The molecule has 1 aromatic carbocycles. The number of aromatic amines is 1. The van der Waals surface area contributed by atoms with Crippen molar-refractivity contribution in [3.05, 3.63) is 66.4 Å². The molecule has 1 saturated carbocycles. The number of H-pyrrole nitrogens is 1. The van der Waals surface area contributed by atoms with E-state index in [2.05, 4.69) is 40.8 Å². The molecule has 1 fully saturated rings. The fourth-order valence-electron chi connectivity index (χ4n) is 4.70. The number of furan rings is 1. The van der Waals surface area contributed by atoms with E-state index in [1.54, 1.807) is 24.3 Å². The standard InChI is InChI=1S/C27H30N4O5S/c1-27(2,3)17-7-9-19(10-8-17)37(34,35)31-18-13-20-23(16-11-12-36-15-16)24(30-25(20)28-14-18)26(33)29-21-5-4-6-22(21)32/h7-15,21-22,31-32H,4-6H2,1-3H3,(H,28,30)(H,29,33). The van der Waals surface area contributed by atoms with Gasteiger partial charge in [0.2, 0.25) is 0 Å². The average Bonchev–Trinajstić information content (AvgIpc) is 3.58. The van der Waals surface area contributed by atoms with Gasteiger partial charge in [0.25, 0.3) is 15.9 Å². The SMILES string of the molecule is CC(C)(C)c1ccc(S(=O)(=O)Nc2cnc3[nH]c(C(=O)NC4CCCC4O)c(-c4ccoc4)c3c2)cc1. The number of amides is 1. The lowest BCUT2D eigenvalue weighted by molar-refractivity contribution is 0.0870. The van der Waals surface area contributed by atoms with Gasteiger partial charge in [0.15, 0.2) is 0 Å². The molecule has 1 aliphatic rings. The van der Waals surface area contributed by atoms with Crippen LogP contribution in [-0.4, -0.2) is 41.5 Å². The third-order valence-corrected chi connectivity index (χ3v) is 8.16. The van der Waals surface area contributed by atoms with Crippen LogP contribution in [0.1, 0.15) is 56.1 Å². The minimum Gasteiger partial charge on any atom is -0.472 e. The van der Waals surface area contributed by atoms with Crippen molar-refractivity contribution in [1.82, 2.24) is 15.3 Å². The van der Waals surface area contributed by atoms with Crippen molar-refractivity contribution in [2.45, 2.75) is 62.5 Å². The molecule has 0 radical (unpaired) electrons. The number of fused-ring (bicyclic) bond motifs is 1. The molecule has 0 aliphatic heterocycles. The third-order valence-electron chi connectivity index (χ3n) is 6.77. The highest BCUT2D eigenvalue weighted by Gasteiger charge is 2.29. The van der Waals surface area contributed by atoms with Crippen LogP contribution >= 0.6 is 0 Å². The molecule has 0 spiro atoms. The smallest absolute Gasteiger partial charge is 0.268 e. The number of carbonyl (C=O) groups excluding carboxylic acids is 1. The molecule has 2 atom stereocenters. The van der Waals surface area contributed by atoms with Crippen molar-refractivity contribution < 1.29 is 22.7 Å². The van der Waals surface area contributed by atoms with Crippen LogP contribution in [0, 0.1) is 0 Å². The van der Waals surface area contributed by atoms with E-state index in [1.165, 1.54) is 18.7 Å². The first-order chi connectivity index (χ1) is 17.5. The van der Waals surface area contributed by atoms with Gasteiger partial charge in [0.05, 0.1) is 41.5 Å². The van der Waals surface area contributed by atoms with E-state index < -0.39 is 16.1 Å². The van der Waals surface area contributed by atoms with E-state index in [-0.39, 0.29) is 33.6 Å². The van der Waals surface area contributed by atoms with Gasteiger partial charge >= 0.3 is 0 Å². The summed E-state index contributed by atoms with van der Waals surface area (Å²) < 4.78 is 34.1. The van der Waals surface area contributed by atoms with E-state index in [9.17, 15) is 18.3 Å². The highest BCUT2D eigenvalue weighted by molar-refractivity contribution is 7.92. The molecule has 0 bridgehead atoms. The number of carbonyl (C=O) groups is 1. The van der Waals surface area contributed by atoms with Gasteiger partial charge in [0, 0.05) is 16.5 Å². The number of aliphatic hydroxyl groups excluding tert-OH is 1. The lowest BCUT2D eigenvalue weighted by Gasteiger charge is -2.19. The van der Waals surface area contributed by atoms with Crippen molar-refractivity contribution in [2.24, 2.45) is 0 Å². The van der Waals surface area contributed by atoms with Crippen LogP contribution in [0.25, 0.3) is 22.2 Å². The van der Waals surface area contributed by atoms with Gasteiger partial charge in [-0.15, -0.1) is 0 Å². The largest absolute Gasteiger partial charge is 0.472 e. The first-order valence-corrected chi connectivity index (χ1v) is 13.7. The predicted molar refractivity (Wildman–Crippen MR) is 141 cm³/mol. The normalized spacial score (nSPS) is 18.3. The predicted octanol–water partition coefficient (Wildman–Crippen LogP) is 4.56. The minimum absolute atomic E-state index is 0.0949. The van der Waals surface area contributed by atoms with Crippen LogP contribution in [0.4, 0.5) is 5.69 Å². The van der Waals surface area contributed by atoms with Crippen molar-refractivity contribution in [3.63, 3.8) is 0 Å². The van der Waals surface area contributed by atoms with Crippen molar-refractivity contribution in [1.29, 1.82) is 0 Å². The number of sulfonamides is 1. The first-order valence-electron chi connectivity index (χ1n) is 12.2. The van der Waals surface area contributed by atoms with Crippen molar-refractivity contribution in [3.8, 4) is 11.1 Å². The summed E-state index contributed by atoms with van der Waals surface area (Å²) >= 11 is 0. The maximum atomic E-state index is 13.2. The molecule has 2 unspecified atom stereocenters. The zero-order chi connectivity index (χ0) is 26.4. The molecule has 1 aliphatic carbocycles. The number of aromatic nitrogens is 2. The Bertz CT molecular complexity index is 1530. The molecule has 1 amide bonds. The Hall–Kier alpha value is -3.63. The van der Waals surface area contributed by atoms with Gasteiger partial charge in [-0.25, -0.2) is 13.4 Å². The number of hydrogen-bond acceptors (Lipinski definition) is 6. The minimum atomic E-state index is -3.87. The van der Waals surface area contributed by atoms with E-state index in [0.29, 0.717) is 35.0 Å². The summed E-state index contributed by atoms with van der Waals surface area (Å²) in [7, 11) is -3.87. The van der Waals surface area contributed by atoms with Gasteiger partial charge in [0.1, 0.15) is 11.3 Å². The summed E-state index contributed by atoms with van der Waals surface area (Å²) in [5, 5.41) is 13.6. The van der Waals surface area contributed by atoms with E-state index in [1.807, 2.05) is 12.1 Å². The molecule has 3 heterocycles. The molecule has 194 valence electrons. The van der Waals surface area contributed by atoms with E-state index in [0.717, 1.165) is 12.0 Å². The molecule has 5 rings (SSSR count). The summed E-state index contributed by atoms with van der Waals surface area (Å²) in [5.74, 6) is -0.374. The van der Waals surface area contributed by atoms with Crippen LogP contribution < -0.4 is 10.0 Å². The second kappa shape index (κ2) is 9.35. The molecule has 0 saturated heterocycles. The summed E-state index contributed by atoms with van der Waals surface area (Å²) in [6, 6.07) is 9.83. The van der Waals surface area contributed by atoms with Gasteiger partial charge in [-0.1, -0.05) is 32.9 Å². The Morgan fingerprint density at radius 1 is 1.16 bits per heavy atom. The average molecular weight is 523 g/mol. The lowest BCUT2D eigenvalue weighted by atomic mass is 9.87. The molecule has 10 heteroatoms. The zero-order valence-corrected chi connectivity index (χ0v) is 21.7. The van der Waals surface area contributed by atoms with E-state index in [4.69, 9.17) is 4.42 Å². The summed E-state index contributed by atoms with van der Waals surface area (Å²) in [4.78, 5) is 20.8. The molecule has 37 heavy (non-hydrogen) atoms. The Morgan fingerprint density at radius 3 is 2.54 bits per heavy atom. The van der Waals surface area contributed by atoms with Crippen LogP contribution in [0.3, 0.4) is 0 Å². The number of hydrogen-bond donors (Lipinski definition) is 4. The van der Waals surface area contributed by atoms with Crippen LogP contribution in [-0.2, 0) is 15.4 Å². The number of benzene rings is 1. The zero-order valence-electron chi connectivity index (χ0n) is 20.9. The number of nitrogens with zero attached hydrogens (tertiary/aromatic N) is 1. The highest BCUT2D eigenvalue weighted by Crippen LogP contribution is 2.34. The number of nitrogens with one attached hydrogen (secondary N) is 3. The monoisotopic (exact) mass is 522 g/mol. The van der Waals surface area contributed by atoms with E-state index >= 15 is 0 Å². The summed E-state index contributed by atoms with van der Waals surface area (Å²) in [5.41, 5.74) is 3.06. The topological polar surface area (TPSA) is 137 Å². The highest BCUT2D eigenvalue weighted by atomic mass is 32.2. The lowest BCUT2D eigenvalue weighted by Crippen LogP contribution is -2.40. The van der Waals surface area contributed by atoms with Gasteiger partial charge in [-0.3, -0.25) is 9.52 Å². The first kappa shape index (κ1) is 25.0. The Labute approximate surface area is 215 Å². The maximum Gasteiger partial charge on any atom is 0.268 e. The van der Waals surface area contributed by atoms with Gasteiger partial charge < -0.3 is 19.8 Å². The summed E-state index contributed by atoms with van der Waals surface area (Å²) in [6.45, 7) is 6.19. The third kappa shape index (κ3) is 4.99. The molecule has 9 nitrogen and oxygen atoms in total. The Morgan fingerprint density at radius 2 is 1.92 bits per heavy atom. The van der Waals surface area contributed by atoms with Crippen molar-refractivity contribution in [2.75, 3.05) is 4.72 Å². The van der Waals surface area contributed by atoms with Crippen LogP contribution in [0.5, 0.6) is 0 Å². The van der Waals surface area contributed by atoms with Crippen LogP contribution in [0.15, 0.2) is 64.4 Å². The number of anilines is 1. The molecular weight excluding hydrogens is 492 g/mol. The second-order valence-corrected chi connectivity index (χ2v) is 12.1. The van der Waals surface area contributed by atoms with Crippen molar-refractivity contribution >= 4 is 32.7 Å². The number of rotatable bonds is 6. The maximum absolute atomic E-state index is 13.2. The second-order valence-electron chi connectivity index (χ2n) is 10.5.